The van der Waals surface area contributed by atoms with Crippen LogP contribution in [0.3, 0.4) is 0 Å². The Hall–Kier alpha value is -1.31. The molecule has 2 amide bonds. The van der Waals surface area contributed by atoms with Gasteiger partial charge in [0.05, 0.1) is 6.61 Å². The number of nitrogens with one attached hydrogen (secondary N) is 2. The Bertz CT molecular complexity index is 547. The highest BCUT2D eigenvalue weighted by atomic mass is 127. The third-order valence-corrected chi connectivity index (χ3v) is 4.46. The van der Waals surface area contributed by atoms with E-state index in [0.29, 0.717) is 24.6 Å². The largest absolute Gasteiger partial charge is 0.450 e. The SMILES string of the molecule is CCOC(=O)NC(CNC(=O)c1ccc(C)c(I)c1)CC(C)C. The zero-order chi connectivity index (χ0) is 17.4. The summed E-state index contributed by atoms with van der Waals surface area (Å²) in [4.78, 5) is 23.8. The van der Waals surface area contributed by atoms with Gasteiger partial charge in [-0.05, 0) is 66.5 Å². The van der Waals surface area contributed by atoms with Crippen LogP contribution < -0.4 is 10.6 Å². The number of aryl methyl sites for hydroxylation is 1. The first-order valence-corrected chi connectivity index (χ1v) is 8.89. The predicted molar refractivity (Wildman–Crippen MR) is 99.6 cm³/mol. The molecule has 0 aliphatic rings. The van der Waals surface area contributed by atoms with Crippen molar-refractivity contribution in [3.63, 3.8) is 0 Å². The molecule has 23 heavy (non-hydrogen) atoms. The van der Waals surface area contributed by atoms with Crippen LogP contribution in [-0.2, 0) is 4.74 Å². The fourth-order valence-corrected chi connectivity index (χ4v) is 2.67. The van der Waals surface area contributed by atoms with Crippen molar-refractivity contribution in [1.29, 1.82) is 0 Å². The highest BCUT2D eigenvalue weighted by Crippen LogP contribution is 2.13. The van der Waals surface area contributed by atoms with Gasteiger partial charge in [0.15, 0.2) is 0 Å². The lowest BCUT2D eigenvalue weighted by Gasteiger charge is -2.20. The van der Waals surface area contributed by atoms with E-state index in [-0.39, 0.29) is 11.9 Å². The molecule has 5 nitrogen and oxygen atoms in total. The normalized spacial score (nSPS) is 11.9. The molecule has 6 heteroatoms. The Kier molecular flexibility index (Phi) is 8.36. The van der Waals surface area contributed by atoms with Gasteiger partial charge in [0.2, 0.25) is 0 Å². The molecule has 128 valence electrons. The third-order valence-electron chi connectivity index (χ3n) is 3.30. The van der Waals surface area contributed by atoms with E-state index in [9.17, 15) is 9.59 Å². The number of rotatable bonds is 7. The van der Waals surface area contributed by atoms with Gasteiger partial charge in [0.1, 0.15) is 0 Å². The zero-order valence-electron chi connectivity index (χ0n) is 14.1. The zero-order valence-corrected chi connectivity index (χ0v) is 16.3. The van der Waals surface area contributed by atoms with Crippen molar-refractivity contribution in [3.05, 3.63) is 32.9 Å². The van der Waals surface area contributed by atoms with Gasteiger partial charge in [-0.25, -0.2) is 4.79 Å². The first kappa shape index (κ1) is 19.7. The molecule has 1 atom stereocenters. The number of alkyl carbamates (subject to hydrolysis) is 1. The molecule has 1 aromatic carbocycles. The Morgan fingerprint density at radius 3 is 2.57 bits per heavy atom. The molecule has 0 heterocycles. The van der Waals surface area contributed by atoms with Gasteiger partial charge < -0.3 is 15.4 Å². The van der Waals surface area contributed by atoms with E-state index in [1.165, 1.54) is 0 Å². The topological polar surface area (TPSA) is 67.4 Å². The molecule has 0 spiro atoms. The van der Waals surface area contributed by atoms with Gasteiger partial charge in [-0.3, -0.25) is 4.79 Å². The lowest BCUT2D eigenvalue weighted by atomic mass is 10.0. The van der Waals surface area contributed by atoms with E-state index in [1.54, 1.807) is 6.92 Å². The number of amides is 2. The molecule has 0 bridgehead atoms. The molecule has 0 aliphatic carbocycles. The highest BCUT2D eigenvalue weighted by molar-refractivity contribution is 14.1. The third kappa shape index (κ3) is 7.20. The second-order valence-electron chi connectivity index (χ2n) is 5.87. The van der Waals surface area contributed by atoms with Gasteiger partial charge in [-0.1, -0.05) is 19.9 Å². The molecule has 0 radical (unpaired) electrons. The van der Waals surface area contributed by atoms with E-state index >= 15 is 0 Å². The summed E-state index contributed by atoms with van der Waals surface area (Å²) < 4.78 is 5.96. The minimum Gasteiger partial charge on any atom is -0.450 e. The Labute approximate surface area is 151 Å². The van der Waals surface area contributed by atoms with Gasteiger partial charge in [0, 0.05) is 21.7 Å². The second kappa shape index (κ2) is 9.75. The van der Waals surface area contributed by atoms with Crippen molar-refractivity contribution in [2.24, 2.45) is 5.92 Å². The average Bonchev–Trinajstić information content (AvgIpc) is 2.47. The predicted octanol–water partition coefficient (Wildman–Crippen LogP) is 3.49. The molecule has 0 aromatic heterocycles. The number of hydrogen-bond donors (Lipinski definition) is 2. The fraction of sp³-hybridized carbons (Fsp3) is 0.529. The lowest BCUT2D eigenvalue weighted by Crippen LogP contribution is -2.44. The highest BCUT2D eigenvalue weighted by Gasteiger charge is 2.16. The summed E-state index contributed by atoms with van der Waals surface area (Å²) in [5, 5.41) is 5.69. The van der Waals surface area contributed by atoms with E-state index < -0.39 is 6.09 Å². The minimum atomic E-state index is -0.447. The number of carbonyl (C=O) groups excluding carboxylic acids is 2. The van der Waals surface area contributed by atoms with Crippen molar-refractivity contribution in [1.82, 2.24) is 10.6 Å². The van der Waals surface area contributed by atoms with Crippen molar-refractivity contribution in [3.8, 4) is 0 Å². The van der Waals surface area contributed by atoms with Gasteiger partial charge >= 0.3 is 6.09 Å². The maximum atomic E-state index is 12.3. The molecule has 1 rings (SSSR count). The van der Waals surface area contributed by atoms with Crippen molar-refractivity contribution in [2.45, 2.75) is 40.2 Å². The fourth-order valence-electron chi connectivity index (χ4n) is 2.15. The van der Waals surface area contributed by atoms with Gasteiger partial charge in [-0.2, -0.15) is 0 Å². The Balaban J connectivity index is 2.63. The molecule has 0 saturated carbocycles. The molecule has 0 fully saturated rings. The average molecular weight is 432 g/mol. The Morgan fingerprint density at radius 1 is 1.30 bits per heavy atom. The van der Waals surface area contributed by atoms with Crippen LogP contribution in [0, 0.1) is 16.4 Å². The summed E-state index contributed by atoms with van der Waals surface area (Å²) >= 11 is 2.21. The van der Waals surface area contributed by atoms with Crippen molar-refractivity contribution < 1.29 is 14.3 Å². The van der Waals surface area contributed by atoms with Crippen LogP contribution in [0.2, 0.25) is 0 Å². The van der Waals surface area contributed by atoms with Crippen LogP contribution in [0.5, 0.6) is 0 Å². The first-order chi connectivity index (χ1) is 10.8. The second-order valence-corrected chi connectivity index (χ2v) is 7.03. The summed E-state index contributed by atoms with van der Waals surface area (Å²) in [5.74, 6) is 0.265. The van der Waals surface area contributed by atoms with Crippen LogP contribution in [0.15, 0.2) is 18.2 Å². The summed E-state index contributed by atoms with van der Waals surface area (Å²) in [6.07, 6.45) is 0.321. The quantitative estimate of drug-likeness (QED) is 0.649. The van der Waals surface area contributed by atoms with E-state index in [1.807, 2.05) is 25.1 Å². The van der Waals surface area contributed by atoms with Gasteiger partial charge in [0.25, 0.3) is 5.91 Å². The number of carbonyl (C=O) groups is 2. The van der Waals surface area contributed by atoms with E-state index in [2.05, 4.69) is 47.1 Å². The molecule has 0 saturated heterocycles. The van der Waals surface area contributed by atoms with Crippen LogP contribution >= 0.6 is 22.6 Å². The van der Waals surface area contributed by atoms with Crippen LogP contribution in [0.25, 0.3) is 0 Å². The minimum absolute atomic E-state index is 0.137. The number of hydrogen-bond acceptors (Lipinski definition) is 3. The molecule has 1 unspecified atom stereocenters. The molecular weight excluding hydrogens is 407 g/mol. The number of benzene rings is 1. The summed E-state index contributed by atoms with van der Waals surface area (Å²) in [6.45, 7) is 8.62. The van der Waals surface area contributed by atoms with Crippen molar-refractivity contribution >= 4 is 34.6 Å². The summed E-state index contributed by atoms with van der Waals surface area (Å²) in [7, 11) is 0. The number of ether oxygens (including phenoxy) is 1. The maximum absolute atomic E-state index is 12.3. The molecule has 2 N–H and O–H groups in total. The molecule has 0 aliphatic heterocycles. The van der Waals surface area contributed by atoms with Gasteiger partial charge in [-0.15, -0.1) is 0 Å². The standard InChI is InChI=1S/C17H25IN2O3/c1-5-23-17(22)20-14(8-11(2)3)10-19-16(21)13-7-6-12(4)15(18)9-13/h6-7,9,11,14H,5,8,10H2,1-4H3,(H,19,21)(H,20,22). The molecule has 1 aromatic rings. The van der Waals surface area contributed by atoms with Crippen LogP contribution in [0.1, 0.15) is 43.1 Å². The van der Waals surface area contributed by atoms with E-state index in [0.717, 1.165) is 15.6 Å². The number of halogens is 1. The smallest absolute Gasteiger partial charge is 0.407 e. The van der Waals surface area contributed by atoms with E-state index in [4.69, 9.17) is 4.74 Å². The van der Waals surface area contributed by atoms with Crippen LogP contribution in [-0.4, -0.2) is 31.2 Å². The first-order valence-electron chi connectivity index (χ1n) is 7.81. The Morgan fingerprint density at radius 2 is 2.00 bits per heavy atom. The molecular formula is C17H25IN2O3. The van der Waals surface area contributed by atoms with Crippen LogP contribution in [0.4, 0.5) is 4.79 Å². The van der Waals surface area contributed by atoms with Crippen molar-refractivity contribution in [2.75, 3.05) is 13.2 Å². The summed E-state index contributed by atoms with van der Waals surface area (Å²) in [6, 6.07) is 5.45. The monoisotopic (exact) mass is 432 g/mol. The maximum Gasteiger partial charge on any atom is 0.407 e. The summed E-state index contributed by atoms with van der Waals surface area (Å²) in [5.41, 5.74) is 1.77. The lowest BCUT2D eigenvalue weighted by molar-refractivity contribution is 0.0944.